The summed E-state index contributed by atoms with van der Waals surface area (Å²) in [5.41, 5.74) is 0.828. The first kappa shape index (κ1) is 13.5. The molecular weight excluding hydrogens is 245 g/mol. The predicted octanol–water partition coefficient (Wildman–Crippen LogP) is 3.10. The summed E-state index contributed by atoms with van der Waals surface area (Å²) in [6.45, 7) is 3.32. The Hall–Kier alpha value is -0.570. The number of Topliss-reactive ketones (excluding diaryl/α,β-unsaturated/α-hetero) is 1. The smallest absolute Gasteiger partial charge is 0.151 e. The van der Waals surface area contributed by atoms with Crippen LogP contribution >= 0.6 is 23.2 Å². The van der Waals surface area contributed by atoms with Gasteiger partial charge in [0.25, 0.3) is 0 Å². The fourth-order valence-corrected chi connectivity index (χ4v) is 1.82. The van der Waals surface area contributed by atoms with Crippen LogP contribution in [-0.2, 0) is 11.2 Å². The molecule has 1 aromatic rings. The van der Waals surface area contributed by atoms with Crippen LogP contribution in [0.25, 0.3) is 0 Å². The zero-order valence-corrected chi connectivity index (χ0v) is 10.7. The number of hydrogen-bond donors (Lipinski definition) is 1. The predicted molar refractivity (Wildman–Crippen MR) is 68.3 cm³/mol. The highest BCUT2D eigenvalue weighted by molar-refractivity contribution is 6.35. The van der Waals surface area contributed by atoms with Gasteiger partial charge in [-0.1, -0.05) is 36.2 Å². The molecule has 0 saturated heterocycles. The highest BCUT2D eigenvalue weighted by atomic mass is 35.5. The van der Waals surface area contributed by atoms with Gasteiger partial charge in [0.15, 0.2) is 5.78 Å². The second kappa shape index (κ2) is 6.89. The molecule has 16 heavy (non-hydrogen) atoms. The molecule has 0 aliphatic rings. The third-order valence-corrected chi connectivity index (χ3v) is 2.74. The van der Waals surface area contributed by atoms with Gasteiger partial charge < -0.3 is 5.32 Å². The fourth-order valence-electron chi connectivity index (χ4n) is 1.34. The van der Waals surface area contributed by atoms with E-state index in [1.54, 1.807) is 18.2 Å². The average Bonchev–Trinajstić information content (AvgIpc) is 2.23. The van der Waals surface area contributed by atoms with E-state index in [-0.39, 0.29) is 5.78 Å². The van der Waals surface area contributed by atoms with E-state index in [0.717, 1.165) is 18.5 Å². The molecule has 0 fully saturated rings. The quantitative estimate of drug-likeness (QED) is 0.796. The van der Waals surface area contributed by atoms with Gasteiger partial charge in [-0.15, -0.1) is 0 Å². The molecule has 1 aromatic carbocycles. The van der Waals surface area contributed by atoms with Crippen molar-refractivity contribution in [2.75, 3.05) is 13.1 Å². The van der Waals surface area contributed by atoms with Gasteiger partial charge in [-0.3, -0.25) is 4.79 Å². The molecule has 88 valence electrons. The summed E-state index contributed by atoms with van der Waals surface area (Å²) in [6.07, 6.45) is 1.38. The molecule has 2 nitrogen and oxygen atoms in total. The lowest BCUT2D eigenvalue weighted by Crippen LogP contribution is -2.24. The molecule has 4 heteroatoms. The van der Waals surface area contributed by atoms with Gasteiger partial charge in [0.2, 0.25) is 0 Å². The van der Waals surface area contributed by atoms with E-state index in [9.17, 15) is 4.79 Å². The summed E-state index contributed by atoms with van der Waals surface area (Å²) >= 11 is 11.8. The van der Waals surface area contributed by atoms with Gasteiger partial charge in [0.05, 0.1) is 6.54 Å². The number of benzene rings is 1. The van der Waals surface area contributed by atoms with Crippen molar-refractivity contribution in [3.63, 3.8) is 0 Å². The minimum Gasteiger partial charge on any atom is -0.310 e. The molecule has 0 aliphatic heterocycles. The molecule has 0 spiro atoms. The van der Waals surface area contributed by atoms with Crippen LogP contribution in [0.1, 0.15) is 18.9 Å². The Morgan fingerprint density at radius 3 is 2.75 bits per heavy atom. The monoisotopic (exact) mass is 259 g/mol. The number of halogens is 2. The first-order valence-corrected chi connectivity index (χ1v) is 6.05. The minimum absolute atomic E-state index is 0.137. The average molecular weight is 260 g/mol. The molecule has 0 saturated carbocycles. The van der Waals surface area contributed by atoms with Crippen molar-refractivity contribution in [3.05, 3.63) is 33.8 Å². The van der Waals surface area contributed by atoms with E-state index in [4.69, 9.17) is 23.2 Å². The van der Waals surface area contributed by atoms with Crippen LogP contribution < -0.4 is 5.32 Å². The van der Waals surface area contributed by atoms with E-state index in [0.29, 0.717) is 23.0 Å². The standard InChI is InChI=1S/C12H15Cl2NO/c1-2-5-15-8-11(16)6-9-3-4-10(13)7-12(9)14/h3-4,7,15H,2,5-6,8H2,1H3. The maximum absolute atomic E-state index is 11.6. The lowest BCUT2D eigenvalue weighted by atomic mass is 10.1. The van der Waals surface area contributed by atoms with Gasteiger partial charge in [-0.05, 0) is 30.7 Å². The van der Waals surface area contributed by atoms with Gasteiger partial charge in [-0.2, -0.15) is 0 Å². The van der Waals surface area contributed by atoms with Crippen molar-refractivity contribution in [3.8, 4) is 0 Å². The summed E-state index contributed by atoms with van der Waals surface area (Å²) in [6, 6.07) is 5.20. The molecule has 0 aromatic heterocycles. The van der Waals surface area contributed by atoms with Gasteiger partial charge >= 0.3 is 0 Å². The maximum atomic E-state index is 11.6. The molecule has 0 heterocycles. The van der Waals surface area contributed by atoms with Crippen molar-refractivity contribution >= 4 is 29.0 Å². The summed E-state index contributed by atoms with van der Waals surface area (Å²) in [4.78, 5) is 11.6. The van der Waals surface area contributed by atoms with Crippen LogP contribution in [0.2, 0.25) is 10.0 Å². The van der Waals surface area contributed by atoms with Crippen molar-refractivity contribution < 1.29 is 4.79 Å². The summed E-state index contributed by atoms with van der Waals surface area (Å²) in [5.74, 6) is 0.137. The fraction of sp³-hybridized carbons (Fsp3) is 0.417. The second-order valence-corrected chi connectivity index (χ2v) is 4.47. The van der Waals surface area contributed by atoms with E-state index < -0.39 is 0 Å². The Morgan fingerprint density at radius 2 is 2.12 bits per heavy atom. The number of rotatable bonds is 6. The topological polar surface area (TPSA) is 29.1 Å². The first-order chi connectivity index (χ1) is 7.63. The zero-order chi connectivity index (χ0) is 12.0. The van der Waals surface area contributed by atoms with Crippen molar-refractivity contribution in [2.24, 2.45) is 0 Å². The van der Waals surface area contributed by atoms with Crippen LogP contribution in [-0.4, -0.2) is 18.9 Å². The van der Waals surface area contributed by atoms with E-state index >= 15 is 0 Å². The molecule has 1 N–H and O–H groups in total. The maximum Gasteiger partial charge on any atom is 0.151 e. The number of carbonyl (C=O) groups is 1. The van der Waals surface area contributed by atoms with Crippen molar-refractivity contribution in [1.29, 1.82) is 0 Å². The Balaban J connectivity index is 2.49. The van der Waals surface area contributed by atoms with Crippen molar-refractivity contribution in [1.82, 2.24) is 5.32 Å². The second-order valence-electron chi connectivity index (χ2n) is 3.63. The Kier molecular flexibility index (Phi) is 5.81. The molecule has 0 radical (unpaired) electrons. The lowest BCUT2D eigenvalue weighted by molar-refractivity contribution is -0.117. The highest BCUT2D eigenvalue weighted by Crippen LogP contribution is 2.21. The SMILES string of the molecule is CCCNCC(=O)Cc1ccc(Cl)cc1Cl. The van der Waals surface area contributed by atoms with Crippen LogP contribution in [0, 0.1) is 0 Å². The summed E-state index contributed by atoms with van der Waals surface area (Å²) in [7, 11) is 0. The largest absolute Gasteiger partial charge is 0.310 e. The zero-order valence-electron chi connectivity index (χ0n) is 9.22. The number of hydrogen-bond acceptors (Lipinski definition) is 2. The van der Waals surface area contributed by atoms with Crippen LogP contribution in [0.15, 0.2) is 18.2 Å². The van der Waals surface area contributed by atoms with Gasteiger partial charge in [-0.25, -0.2) is 0 Å². The van der Waals surface area contributed by atoms with E-state index in [2.05, 4.69) is 12.2 Å². The molecule has 0 atom stereocenters. The third-order valence-electron chi connectivity index (χ3n) is 2.15. The number of nitrogens with one attached hydrogen (secondary N) is 1. The Morgan fingerprint density at radius 1 is 1.38 bits per heavy atom. The van der Waals surface area contributed by atoms with Crippen LogP contribution in [0.5, 0.6) is 0 Å². The molecule has 0 amide bonds. The third kappa shape index (κ3) is 4.52. The highest BCUT2D eigenvalue weighted by Gasteiger charge is 2.07. The van der Waals surface area contributed by atoms with E-state index in [1.807, 2.05) is 0 Å². The van der Waals surface area contributed by atoms with Crippen molar-refractivity contribution in [2.45, 2.75) is 19.8 Å². The van der Waals surface area contributed by atoms with Crippen LogP contribution in [0.3, 0.4) is 0 Å². The first-order valence-electron chi connectivity index (χ1n) is 5.29. The van der Waals surface area contributed by atoms with Gasteiger partial charge in [0, 0.05) is 16.5 Å². The molecule has 1 rings (SSSR count). The lowest BCUT2D eigenvalue weighted by Gasteiger charge is -2.05. The minimum atomic E-state index is 0.137. The summed E-state index contributed by atoms with van der Waals surface area (Å²) in [5, 5.41) is 4.21. The summed E-state index contributed by atoms with van der Waals surface area (Å²) < 4.78 is 0. The normalized spacial score (nSPS) is 10.4. The van der Waals surface area contributed by atoms with Gasteiger partial charge in [0.1, 0.15) is 0 Å². The van der Waals surface area contributed by atoms with E-state index in [1.165, 1.54) is 0 Å². The Labute approximate surface area is 106 Å². The number of ketones is 1. The molecule has 0 unspecified atom stereocenters. The van der Waals surface area contributed by atoms with Crippen LogP contribution in [0.4, 0.5) is 0 Å². The molecule has 0 aliphatic carbocycles. The Bertz CT molecular complexity index is 366. The molecular formula is C12H15Cl2NO. The molecule has 0 bridgehead atoms. The number of carbonyl (C=O) groups excluding carboxylic acids is 1.